The second-order valence-electron chi connectivity index (χ2n) is 4.80. The van der Waals surface area contributed by atoms with Crippen LogP contribution in [0, 0.1) is 0 Å². The van der Waals surface area contributed by atoms with E-state index in [0.29, 0.717) is 11.4 Å². The summed E-state index contributed by atoms with van der Waals surface area (Å²) in [6.45, 7) is 0. The van der Waals surface area contributed by atoms with Gasteiger partial charge in [-0.15, -0.1) is 0 Å². The van der Waals surface area contributed by atoms with Crippen LogP contribution in [0.1, 0.15) is 5.56 Å². The van der Waals surface area contributed by atoms with Gasteiger partial charge in [-0.3, -0.25) is 4.98 Å². The second-order valence-corrected chi connectivity index (χ2v) is 5.21. The molecule has 0 saturated carbocycles. The van der Waals surface area contributed by atoms with Gasteiger partial charge >= 0.3 is 6.18 Å². The zero-order chi connectivity index (χ0) is 16.6. The van der Waals surface area contributed by atoms with Gasteiger partial charge in [0.05, 0.1) is 16.1 Å². The van der Waals surface area contributed by atoms with Gasteiger partial charge in [0.25, 0.3) is 0 Å². The number of halogens is 4. The smallest absolute Gasteiger partial charge is 0.418 e. The van der Waals surface area contributed by atoms with E-state index < -0.39 is 11.7 Å². The minimum atomic E-state index is -4.50. The second kappa shape index (κ2) is 5.62. The topological polar surface area (TPSA) is 48.1 Å². The molecule has 0 bridgehead atoms. The molecule has 1 heterocycles. The minimum Gasteiger partial charge on any atom is -0.455 e. The highest BCUT2D eigenvalue weighted by molar-refractivity contribution is 6.32. The van der Waals surface area contributed by atoms with Crippen molar-refractivity contribution in [2.75, 3.05) is 5.73 Å². The standard InChI is InChI=1S/C16H10ClF3N2O/c17-12-8-9(21)4-5-14(12)23-13-6-7-22-15-10(13)2-1-3-11(15)16(18,19)20/h1-8H,21H2. The van der Waals surface area contributed by atoms with Crippen LogP contribution in [0.15, 0.2) is 48.7 Å². The number of benzene rings is 2. The van der Waals surface area contributed by atoms with Crippen LogP contribution < -0.4 is 10.5 Å². The first-order chi connectivity index (χ1) is 10.9. The van der Waals surface area contributed by atoms with Crippen molar-refractivity contribution in [2.24, 2.45) is 0 Å². The first kappa shape index (κ1) is 15.4. The molecule has 0 fully saturated rings. The van der Waals surface area contributed by atoms with Crippen LogP contribution in [0.25, 0.3) is 10.9 Å². The number of ether oxygens (including phenoxy) is 1. The minimum absolute atomic E-state index is 0.177. The van der Waals surface area contributed by atoms with E-state index >= 15 is 0 Å². The van der Waals surface area contributed by atoms with Gasteiger partial charge in [-0.05, 0) is 36.4 Å². The summed E-state index contributed by atoms with van der Waals surface area (Å²) in [4.78, 5) is 3.83. The van der Waals surface area contributed by atoms with E-state index in [0.717, 1.165) is 6.07 Å². The van der Waals surface area contributed by atoms with Gasteiger partial charge in [0.15, 0.2) is 0 Å². The Bertz CT molecular complexity index is 881. The summed E-state index contributed by atoms with van der Waals surface area (Å²) in [7, 11) is 0. The molecule has 0 atom stereocenters. The molecule has 2 aromatic carbocycles. The van der Waals surface area contributed by atoms with Crippen molar-refractivity contribution in [3.05, 3.63) is 59.2 Å². The van der Waals surface area contributed by atoms with E-state index in [1.54, 1.807) is 12.1 Å². The van der Waals surface area contributed by atoms with E-state index in [9.17, 15) is 13.2 Å². The molecular formula is C16H10ClF3N2O. The number of para-hydroxylation sites is 1. The fraction of sp³-hybridized carbons (Fsp3) is 0.0625. The molecule has 0 aliphatic carbocycles. The number of anilines is 1. The van der Waals surface area contributed by atoms with Gasteiger partial charge in [-0.2, -0.15) is 13.2 Å². The van der Waals surface area contributed by atoms with Crippen LogP contribution >= 0.6 is 11.6 Å². The zero-order valence-electron chi connectivity index (χ0n) is 11.6. The molecule has 0 saturated heterocycles. The van der Waals surface area contributed by atoms with Crippen molar-refractivity contribution < 1.29 is 17.9 Å². The molecule has 3 nitrogen and oxygen atoms in total. The van der Waals surface area contributed by atoms with Crippen molar-refractivity contribution in [3.63, 3.8) is 0 Å². The average molecular weight is 339 g/mol. The molecule has 0 unspecified atom stereocenters. The predicted octanol–water partition coefficient (Wildman–Crippen LogP) is 5.28. The maximum absolute atomic E-state index is 13.1. The number of aromatic nitrogens is 1. The van der Waals surface area contributed by atoms with E-state index in [1.165, 1.54) is 30.5 Å². The van der Waals surface area contributed by atoms with Gasteiger partial charge in [-0.25, -0.2) is 0 Å². The van der Waals surface area contributed by atoms with E-state index in [4.69, 9.17) is 22.1 Å². The number of pyridine rings is 1. The van der Waals surface area contributed by atoms with Crippen molar-refractivity contribution in [1.82, 2.24) is 4.98 Å². The fourth-order valence-corrected chi connectivity index (χ4v) is 2.41. The summed E-state index contributed by atoms with van der Waals surface area (Å²) in [5.41, 5.74) is 5.07. The average Bonchev–Trinajstić information content (AvgIpc) is 2.49. The predicted molar refractivity (Wildman–Crippen MR) is 82.7 cm³/mol. The third-order valence-electron chi connectivity index (χ3n) is 3.21. The van der Waals surface area contributed by atoms with Gasteiger partial charge < -0.3 is 10.5 Å². The van der Waals surface area contributed by atoms with Crippen molar-refractivity contribution in [2.45, 2.75) is 6.18 Å². The molecule has 3 rings (SSSR count). The molecular weight excluding hydrogens is 329 g/mol. The quantitative estimate of drug-likeness (QED) is 0.646. The summed E-state index contributed by atoms with van der Waals surface area (Å²) >= 11 is 6.03. The molecule has 0 radical (unpaired) electrons. The zero-order valence-corrected chi connectivity index (χ0v) is 12.3. The number of nitrogens with two attached hydrogens (primary N) is 1. The number of hydrogen-bond donors (Lipinski definition) is 1. The molecule has 0 aliphatic rings. The lowest BCUT2D eigenvalue weighted by Gasteiger charge is -2.13. The van der Waals surface area contributed by atoms with Gasteiger partial charge in [0.2, 0.25) is 0 Å². The summed E-state index contributed by atoms with van der Waals surface area (Å²) in [5.74, 6) is 0.526. The van der Waals surface area contributed by atoms with Crippen LogP contribution in [-0.4, -0.2) is 4.98 Å². The number of rotatable bonds is 2. The summed E-state index contributed by atoms with van der Waals surface area (Å²) in [5, 5.41) is 0.511. The maximum atomic E-state index is 13.1. The van der Waals surface area contributed by atoms with Crippen LogP contribution in [-0.2, 0) is 6.18 Å². The van der Waals surface area contributed by atoms with Crippen molar-refractivity contribution in [1.29, 1.82) is 0 Å². The van der Waals surface area contributed by atoms with Crippen LogP contribution in [0.3, 0.4) is 0 Å². The van der Waals surface area contributed by atoms with Gasteiger partial charge in [-0.1, -0.05) is 17.7 Å². The van der Waals surface area contributed by atoms with Crippen LogP contribution in [0.4, 0.5) is 18.9 Å². The summed E-state index contributed by atoms with van der Waals surface area (Å²) < 4.78 is 44.9. The monoisotopic (exact) mass is 338 g/mol. The maximum Gasteiger partial charge on any atom is 0.418 e. The Kier molecular flexibility index (Phi) is 3.77. The summed E-state index contributed by atoms with van der Waals surface area (Å²) in [6.07, 6.45) is -3.23. The number of hydrogen-bond acceptors (Lipinski definition) is 3. The SMILES string of the molecule is Nc1ccc(Oc2ccnc3c(C(F)(F)F)cccc23)c(Cl)c1. The number of nitrogens with zero attached hydrogens (tertiary/aromatic N) is 1. The fourth-order valence-electron chi connectivity index (χ4n) is 2.19. The Hall–Kier alpha value is -2.47. The first-order valence-electron chi connectivity index (χ1n) is 6.54. The largest absolute Gasteiger partial charge is 0.455 e. The Morgan fingerprint density at radius 3 is 2.52 bits per heavy atom. The molecule has 3 aromatic rings. The van der Waals surface area contributed by atoms with Crippen LogP contribution in [0.2, 0.25) is 5.02 Å². The van der Waals surface area contributed by atoms with Crippen molar-refractivity contribution >= 4 is 28.2 Å². The van der Waals surface area contributed by atoms with E-state index in [-0.39, 0.29) is 21.7 Å². The number of alkyl halides is 3. The van der Waals surface area contributed by atoms with E-state index in [2.05, 4.69) is 4.98 Å². The Labute approximate surface area is 134 Å². The molecule has 1 aromatic heterocycles. The van der Waals surface area contributed by atoms with Crippen molar-refractivity contribution in [3.8, 4) is 11.5 Å². The highest BCUT2D eigenvalue weighted by Gasteiger charge is 2.33. The number of nitrogen functional groups attached to an aromatic ring is 1. The lowest BCUT2D eigenvalue weighted by atomic mass is 10.1. The van der Waals surface area contributed by atoms with E-state index in [1.807, 2.05) is 0 Å². The summed E-state index contributed by atoms with van der Waals surface area (Å²) in [6, 6.07) is 9.93. The highest BCUT2D eigenvalue weighted by atomic mass is 35.5. The molecule has 0 amide bonds. The highest BCUT2D eigenvalue weighted by Crippen LogP contribution is 2.38. The lowest BCUT2D eigenvalue weighted by Crippen LogP contribution is -2.06. The van der Waals surface area contributed by atoms with Gasteiger partial charge in [0, 0.05) is 17.3 Å². The normalized spacial score (nSPS) is 11.7. The van der Waals surface area contributed by atoms with Crippen LogP contribution in [0.5, 0.6) is 11.5 Å². The third-order valence-corrected chi connectivity index (χ3v) is 3.51. The molecule has 0 aliphatic heterocycles. The molecule has 23 heavy (non-hydrogen) atoms. The number of fused-ring (bicyclic) bond motifs is 1. The molecule has 7 heteroatoms. The molecule has 2 N–H and O–H groups in total. The Balaban J connectivity index is 2.12. The lowest BCUT2D eigenvalue weighted by molar-refractivity contribution is -0.136. The molecule has 0 spiro atoms. The Morgan fingerprint density at radius 1 is 1.04 bits per heavy atom. The third kappa shape index (κ3) is 3.03. The Morgan fingerprint density at radius 2 is 1.83 bits per heavy atom. The first-order valence-corrected chi connectivity index (χ1v) is 6.92. The van der Waals surface area contributed by atoms with Gasteiger partial charge in [0.1, 0.15) is 11.5 Å². The molecule has 118 valence electrons.